The molecule has 0 aliphatic heterocycles. The zero-order chi connectivity index (χ0) is 19.1. The fourth-order valence-electron chi connectivity index (χ4n) is 3.60. The summed E-state index contributed by atoms with van der Waals surface area (Å²) in [6, 6.07) is 7.41. The molecule has 1 saturated carbocycles. The zero-order valence-corrected chi connectivity index (χ0v) is 15.9. The normalized spacial score (nSPS) is 23.2. The van der Waals surface area contributed by atoms with E-state index in [1.54, 1.807) is 24.3 Å². The molecule has 1 aliphatic carbocycles. The van der Waals surface area contributed by atoms with Crippen molar-refractivity contribution >= 4 is 17.9 Å². The highest BCUT2D eigenvalue weighted by Gasteiger charge is 2.31. The molecule has 0 radical (unpaired) electrons. The molecular weight excluding hydrogens is 328 g/mol. The van der Waals surface area contributed by atoms with Gasteiger partial charge in [-0.05, 0) is 54.4 Å². The van der Waals surface area contributed by atoms with Crippen LogP contribution in [0.5, 0.6) is 5.75 Å². The average molecular weight is 358 g/mol. The van der Waals surface area contributed by atoms with Crippen LogP contribution < -0.4 is 15.8 Å². The predicted octanol–water partition coefficient (Wildman–Crippen LogP) is 3.14. The van der Waals surface area contributed by atoms with Crippen LogP contribution >= 0.6 is 0 Å². The number of hydrogen-bond acceptors (Lipinski definition) is 3. The molecule has 1 aromatic carbocycles. The van der Waals surface area contributed by atoms with E-state index in [0.717, 1.165) is 12.0 Å². The van der Waals surface area contributed by atoms with Gasteiger partial charge < -0.3 is 15.8 Å². The van der Waals surface area contributed by atoms with Crippen LogP contribution in [-0.4, -0.2) is 24.5 Å². The van der Waals surface area contributed by atoms with Crippen molar-refractivity contribution in [2.24, 2.45) is 23.5 Å². The van der Waals surface area contributed by atoms with Crippen LogP contribution in [0.1, 0.15) is 45.6 Å². The number of carbonyl (C=O) groups excluding carboxylic acids is 2. The van der Waals surface area contributed by atoms with Crippen LogP contribution in [0.4, 0.5) is 0 Å². The summed E-state index contributed by atoms with van der Waals surface area (Å²) >= 11 is 0. The molecule has 3 N–H and O–H groups in total. The van der Waals surface area contributed by atoms with Gasteiger partial charge in [-0.15, -0.1) is 0 Å². The van der Waals surface area contributed by atoms with Gasteiger partial charge in [0.15, 0.2) is 6.61 Å². The maximum atomic E-state index is 12.3. The lowest BCUT2D eigenvalue weighted by Gasteiger charge is -2.37. The van der Waals surface area contributed by atoms with E-state index < -0.39 is 5.91 Å². The minimum absolute atomic E-state index is 0.0520. The Morgan fingerprint density at radius 3 is 2.58 bits per heavy atom. The molecule has 3 unspecified atom stereocenters. The number of ether oxygens (including phenoxy) is 1. The van der Waals surface area contributed by atoms with Crippen molar-refractivity contribution in [1.29, 1.82) is 0 Å². The molecule has 5 heteroatoms. The fourth-order valence-corrected chi connectivity index (χ4v) is 3.60. The van der Waals surface area contributed by atoms with E-state index in [1.165, 1.54) is 12.8 Å². The minimum Gasteiger partial charge on any atom is -0.484 e. The van der Waals surface area contributed by atoms with Crippen molar-refractivity contribution in [2.75, 3.05) is 6.61 Å². The standard InChI is InChI=1S/C21H30N2O3/c1-14(2)18-10-4-15(3)12-19(18)23-21(25)11-7-16-5-8-17(9-6-16)26-13-20(22)24/h5-9,11,14-15,18-19H,4,10,12-13H2,1-3H3,(H2,22,24)(H,23,25). The zero-order valence-electron chi connectivity index (χ0n) is 15.9. The summed E-state index contributed by atoms with van der Waals surface area (Å²) in [6.07, 6.45) is 6.84. The molecule has 1 aromatic rings. The van der Waals surface area contributed by atoms with Crippen LogP contribution in [0, 0.1) is 17.8 Å². The third-order valence-corrected chi connectivity index (χ3v) is 5.04. The Morgan fingerprint density at radius 1 is 1.27 bits per heavy atom. The predicted molar refractivity (Wildman–Crippen MR) is 103 cm³/mol. The second-order valence-corrected chi connectivity index (χ2v) is 7.60. The second kappa shape index (κ2) is 9.41. The molecule has 1 aliphatic rings. The van der Waals surface area contributed by atoms with Gasteiger partial charge in [0.05, 0.1) is 0 Å². The highest BCUT2D eigenvalue weighted by molar-refractivity contribution is 5.91. The van der Waals surface area contributed by atoms with E-state index in [0.29, 0.717) is 23.5 Å². The lowest BCUT2D eigenvalue weighted by molar-refractivity contribution is -0.120. The number of hydrogen-bond donors (Lipinski definition) is 2. The highest BCUT2D eigenvalue weighted by Crippen LogP contribution is 2.33. The van der Waals surface area contributed by atoms with Crippen molar-refractivity contribution in [3.8, 4) is 5.75 Å². The maximum Gasteiger partial charge on any atom is 0.255 e. The van der Waals surface area contributed by atoms with Gasteiger partial charge in [-0.3, -0.25) is 9.59 Å². The first-order valence-corrected chi connectivity index (χ1v) is 9.35. The first-order chi connectivity index (χ1) is 12.3. The van der Waals surface area contributed by atoms with Crippen LogP contribution in [0.15, 0.2) is 30.3 Å². The van der Waals surface area contributed by atoms with E-state index in [9.17, 15) is 9.59 Å². The van der Waals surface area contributed by atoms with Crippen molar-refractivity contribution < 1.29 is 14.3 Å². The second-order valence-electron chi connectivity index (χ2n) is 7.60. The first kappa shape index (κ1) is 20.0. The molecule has 1 fully saturated rings. The minimum atomic E-state index is -0.512. The van der Waals surface area contributed by atoms with E-state index >= 15 is 0 Å². The fraction of sp³-hybridized carbons (Fsp3) is 0.524. The van der Waals surface area contributed by atoms with Gasteiger partial charge in [0, 0.05) is 12.1 Å². The monoisotopic (exact) mass is 358 g/mol. The van der Waals surface area contributed by atoms with Crippen molar-refractivity contribution in [2.45, 2.75) is 46.1 Å². The number of carbonyl (C=O) groups is 2. The molecule has 0 aromatic heterocycles. The van der Waals surface area contributed by atoms with Crippen molar-refractivity contribution in [3.05, 3.63) is 35.9 Å². The van der Waals surface area contributed by atoms with Crippen molar-refractivity contribution in [3.63, 3.8) is 0 Å². The number of rotatable bonds is 7. The molecule has 0 saturated heterocycles. The molecule has 2 rings (SSSR count). The highest BCUT2D eigenvalue weighted by atomic mass is 16.5. The topological polar surface area (TPSA) is 81.4 Å². The molecule has 0 bridgehead atoms. The molecule has 142 valence electrons. The van der Waals surface area contributed by atoms with E-state index in [-0.39, 0.29) is 18.6 Å². The number of benzene rings is 1. The van der Waals surface area contributed by atoms with Crippen LogP contribution in [0.25, 0.3) is 6.08 Å². The third-order valence-electron chi connectivity index (χ3n) is 5.04. The SMILES string of the molecule is CC1CCC(C(C)C)C(NC(=O)C=Cc2ccc(OCC(N)=O)cc2)C1. The summed E-state index contributed by atoms with van der Waals surface area (Å²) in [6.45, 7) is 6.58. The van der Waals surface area contributed by atoms with Gasteiger partial charge in [0.1, 0.15) is 5.75 Å². The maximum absolute atomic E-state index is 12.3. The summed E-state index contributed by atoms with van der Waals surface area (Å²) in [4.78, 5) is 23.0. The summed E-state index contributed by atoms with van der Waals surface area (Å²) in [5.41, 5.74) is 5.94. The van der Waals surface area contributed by atoms with Crippen LogP contribution in [0.3, 0.4) is 0 Å². The number of nitrogens with one attached hydrogen (secondary N) is 1. The van der Waals surface area contributed by atoms with Crippen molar-refractivity contribution in [1.82, 2.24) is 5.32 Å². The quantitative estimate of drug-likeness (QED) is 0.735. The van der Waals surface area contributed by atoms with E-state index in [2.05, 4.69) is 26.1 Å². The summed E-state index contributed by atoms with van der Waals surface area (Å²) in [5.74, 6) is 1.79. The Kier molecular flexibility index (Phi) is 7.25. The van der Waals surface area contributed by atoms with Crippen LogP contribution in [0.2, 0.25) is 0 Å². The van der Waals surface area contributed by atoms with Gasteiger partial charge in [-0.25, -0.2) is 0 Å². The van der Waals surface area contributed by atoms with Gasteiger partial charge in [-0.2, -0.15) is 0 Å². The molecule has 3 atom stereocenters. The molecule has 26 heavy (non-hydrogen) atoms. The summed E-state index contributed by atoms with van der Waals surface area (Å²) in [7, 11) is 0. The Labute approximate surface area is 156 Å². The Bertz CT molecular complexity index is 637. The molecule has 2 amide bonds. The lowest BCUT2D eigenvalue weighted by atomic mass is 9.74. The molecule has 0 spiro atoms. The Hall–Kier alpha value is -2.30. The molecular formula is C21H30N2O3. The van der Waals surface area contributed by atoms with E-state index in [1.807, 2.05) is 12.1 Å². The van der Waals surface area contributed by atoms with Gasteiger partial charge in [-0.1, -0.05) is 39.3 Å². The van der Waals surface area contributed by atoms with Gasteiger partial charge >= 0.3 is 0 Å². The largest absolute Gasteiger partial charge is 0.484 e. The van der Waals surface area contributed by atoms with Gasteiger partial charge in [0.2, 0.25) is 5.91 Å². The summed E-state index contributed by atoms with van der Waals surface area (Å²) < 4.78 is 5.21. The lowest BCUT2D eigenvalue weighted by Crippen LogP contribution is -2.45. The Balaban J connectivity index is 1.90. The number of primary amides is 1. The number of amides is 2. The third kappa shape index (κ3) is 6.21. The average Bonchev–Trinajstić information content (AvgIpc) is 2.59. The summed E-state index contributed by atoms with van der Waals surface area (Å²) in [5, 5.41) is 3.19. The van der Waals surface area contributed by atoms with Gasteiger partial charge in [0.25, 0.3) is 5.91 Å². The first-order valence-electron chi connectivity index (χ1n) is 9.35. The smallest absolute Gasteiger partial charge is 0.255 e. The van der Waals surface area contributed by atoms with E-state index in [4.69, 9.17) is 10.5 Å². The molecule has 5 nitrogen and oxygen atoms in total. The van der Waals surface area contributed by atoms with Crippen LogP contribution in [-0.2, 0) is 9.59 Å². The molecule has 0 heterocycles. The Morgan fingerprint density at radius 2 is 1.96 bits per heavy atom. The number of nitrogens with two attached hydrogens (primary N) is 1.